The molecule has 0 aliphatic carbocycles. The average Bonchev–Trinajstić information content (AvgIpc) is 2.47. The first-order chi connectivity index (χ1) is 10.1. The molecule has 1 aromatic rings. The number of hydrogen-bond acceptors (Lipinski definition) is 4. The summed E-state index contributed by atoms with van der Waals surface area (Å²) < 4.78 is 10.3. The third-order valence-electron chi connectivity index (χ3n) is 3.53. The second-order valence-electron chi connectivity index (χ2n) is 5.03. The molecule has 2 rings (SSSR count). The zero-order chi connectivity index (χ0) is 15.2. The van der Waals surface area contributed by atoms with E-state index in [0.717, 1.165) is 12.8 Å². The molecule has 1 aromatic carbocycles. The molecule has 6 nitrogen and oxygen atoms in total. The van der Waals surface area contributed by atoms with Gasteiger partial charge in [-0.3, -0.25) is 4.79 Å². The molecular weight excluding hydrogens is 274 g/mol. The zero-order valence-electron chi connectivity index (χ0n) is 11.9. The van der Waals surface area contributed by atoms with Crippen LogP contribution < -0.4 is 10.1 Å². The van der Waals surface area contributed by atoms with Crippen molar-refractivity contribution in [3.8, 4) is 5.75 Å². The quantitative estimate of drug-likeness (QED) is 0.869. The SMILES string of the molecule is COc1cc(NC(=O)CC2CCOCC2)ccc1C(=O)O. The fourth-order valence-electron chi connectivity index (χ4n) is 2.37. The molecule has 0 spiro atoms. The van der Waals surface area contributed by atoms with Gasteiger partial charge in [-0.15, -0.1) is 0 Å². The molecule has 0 unspecified atom stereocenters. The van der Waals surface area contributed by atoms with Gasteiger partial charge in [0.2, 0.25) is 5.91 Å². The average molecular weight is 293 g/mol. The van der Waals surface area contributed by atoms with E-state index in [-0.39, 0.29) is 17.2 Å². The maximum atomic E-state index is 12.0. The highest BCUT2D eigenvalue weighted by Gasteiger charge is 2.18. The molecule has 1 heterocycles. The Labute approximate surface area is 123 Å². The fourth-order valence-corrected chi connectivity index (χ4v) is 2.37. The van der Waals surface area contributed by atoms with E-state index >= 15 is 0 Å². The highest BCUT2D eigenvalue weighted by Crippen LogP contribution is 2.24. The summed E-state index contributed by atoms with van der Waals surface area (Å²) in [6, 6.07) is 4.50. The number of carbonyl (C=O) groups excluding carboxylic acids is 1. The van der Waals surface area contributed by atoms with E-state index in [2.05, 4.69) is 5.32 Å². The summed E-state index contributed by atoms with van der Waals surface area (Å²) in [6.07, 6.45) is 2.25. The summed E-state index contributed by atoms with van der Waals surface area (Å²) >= 11 is 0. The van der Waals surface area contributed by atoms with Gasteiger partial charge in [-0.05, 0) is 30.9 Å². The van der Waals surface area contributed by atoms with Gasteiger partial charge in [-0.2, -0.15) is 0 Å². The van der Waals surface area contributed by atoms with Crippen molar-refractivity contribution in [1.29, 1.82) is 0 Å². The number of rotatable bonds is 5. The Bertz CT molecular complexity index is 523. The van der Waals surface area contributed by atoms with Crippen LogP contribution in [0.1, 0.15) is 29.6 Å². The van der Waals surface area contributed by atoms with Crippen molar-refractivity contribution < 1.29 is 24.2 Å². The first-order valence-electron chi connectivity index (χ1n) is 6.89. The number of methoxy groups -OCH3 is 1. The van der Waals surface area contributed by atoms with Crippen LogP contribution in [0.15, 0.2) is 18.2 Å². The van der Waals surface area contributed by atoms with E-state index in [1.807, 2.05) is 0 Å². The minimum Gasteiger partial charge on any atom is -0.496 e. The van der Waals surface area contributed by atoms with Crippen LogP contribution >= 0.6 is 0 Å². The number of benzene rings is 1. The van der Waals surface area contributed by atoms with Crippen LogP contribution in [0.5, 0.6) is 5.75 Å². The summed E-state index contributed by atoms with van der Waals surface area (Å²) in [5, 5.41) is 11.8. The highest BCUT2D eigenvalue weighted by molar-refractivity contribution is 5.94. The van der Waals surface area contributed by atoms with Gasteiger partial charge >= 0.3 is 5.97 Å². The van der Waals surface area contributed by atoms with Crippen molar-refractivity contribution >= 4 is 17.6 Å². The summed E-state index contributed by atoms with van der Waals surface area (Å²) in [5.74, 6) is -0.565. The Kier molecular flexibility index (Phi) is 5.16. The van der Waals surface area contributed by atoms with E-state index in [1.54, 1.807) is 6.07 Å². The fraction of sp³-hybridized carbons (Fsp3) is 0.467. The molecule has 0 bridgehead atoms. The Morgan fingerprint density at radius 3 is 2.71 bits per heavy atom. The molecule has 114 valence electrons. The van der Waals surface area contributed by atoms with Crippen LogP contribution in [0.3, 0.4) is 0 Å². The lowest BCUT2D eigenvalue weighted by Crippen LogP contribution is -2.22. The smallest absolute Gasteiger partial charge is 0.339 e. The molecule has 2 N–H and O–H groups in total. The lowest BCUT2D eigenvalue weighted by Gasteiger charge is -2.21. The van der Waals surface area contributed by atoms with E-state index in [4.69, 9.17) is 14.6 Å². The molecule has 0 aromatic heterocycles. The minimum atomic E-state index is -1.06. The first-order valence-corrected chi connectivity index (χ1v) is 6.89. The summed E-state index contributed by atoms with van der Waals surface area (Å²) in [5.41, 5.74) is 0.605. The van der Waals surface area contributed by atoms with E-state index in [0.29, 0.717) is 31.2 Å². The molecule has 1 fully saturated rings. The second kappa shape index (κ2) is 7.08. The van der Waals surface area contributed by atoms with Crippen molar-refractivity contribution in [1.82, 2.24) is 0 Å². The Morgan fingerprint density at radius 1 is 1.38 bits per heavy atom. The number of aromatic carboxylic acids is 1. The van der Waals surface area contributed by atoms with Crippen molar-refractivity contribution in [2.75, 3.05) is 25.6 Å². The van der Waals surface area contributed by atoms with Crippen LogP contribution in [0.25, 0.3) is 0 Å². The van der Waals surface area contributed by atoms with Gasteiger partial charge in [0.15, 0.2) is 0 Å². The molecule has 0 radical (unpaired) electrons. The molecule has 1 aliphatic rings. The monoisotopic (exact) mass is 293 g/mol. The van der Waals surface area contributed by atoms with Crippen molar-refractivity contribution in [3.05, 3.63) is 23.8 Å². The Hall–Kier alpha value is -2.08. The van der Waals surface area contributed by atoms with Crippen LogP contribution in [0.4, 0.5) is 5.69 Å². The number of carboxylic acids is 1. The lowest BCUT2D eigenvalue weighted by atomic mass is 9.96. The standard InChI is InChI=1S/C15H19NO5/c1-20-13-9-11(2-3-12(13)15(18)19)16-14(17)8-10-4-6-21-7-5-10/h2-3,9-10H,4-8H2,1H3,(H,16,17)(H,18,19). The number of anilines is 1. The molecule has 1 amide bonds. The summed E-state index contributed by atoms with van der Waals surface area (Å²) in [7, 11) is 1.40. The number of ether oxygens (including phenoxy) is 2. The number of nitrogens with one attached hydrogen (secondary N) is 1. The van der Waals surface area contributed by atoms with Gasteiger partial charge in [0.05, 0.1) is 7.11 Å². The predicted octanol–water partition coefficient (Wildman–Crippen LogP) is 2.15. The number of carboxylic acid groups (broad SMARTS) is 1. The number of amides is 1. The molecule has 0 atom stereocenters. The molecule has 21 heavy (non-hydrogen) atoms. The van der Waals surface area contributed by atoms with Gasteiger partial charge in [0.25, 0.3) is 0 Å². The number of carbonyl (C=O) groups is 2. The first kappa shape index (κ1) is 15.3. The van der Waals surface area contributed by atoms with Gasteiger partial charge < -0.3 is 19.9 Å². The van der Waals surface area contributed by atoms with Crippen LogP contribution in [0, 0.1) is 5.92 Å². The molecular formula is C15H19NO5. The van der Waals surface area contributed by atoms with Crippen LogP contribution in [0.2, 0.25) is 0 Å². The van der Waals surface area contributed by atoms with E-state index in [9.17, 15) is 9.59 Å². The van der Waals surface area contributed by atoms with Gasteiger partial charge in [-0.1, -0.05) is 0 Å². The highest BCUT2D eigenvalue weighted by atomic mass is 16.5. The van der Waals surface area contributed by atoms with Crippen molar-refractivity contribution in [2.45, 2.75) is 19.3 Å². The normalized spacial score (nSPS) is 15.5. The summed E-state index contributed by atoms with van der Waals surface area (Å²) in [6.45, 7) is 1.41. The maximum Gasteiger partial charge on any atom is 0.339 e. The third kappa shape index (κ3) is 4.19. The Morgan fingerprint density at radius 2 is 2.10 bits per heavy atom. The van der Waals surface area contributed by atoms with Gasteiger partial charge in [0, 0.05) is 31.4 Å². The van der Waals surface area contributed by atoms with Gasteiger partial charge in [-0.25, -0.2) is 4.79 Å². The zero-order valence-corrected chi connectivity index (χ0v) is 11.9. The Balaban J connectivity index is 1.98. The van der Waals surface area contributed by atoms with Crippen LogP contribution in [-0.2, 0) is 9.53 Å². The van der Waals surface area contributed by atoms with E-state index < -0.39 is 5.97 Å². The molecule has 1 aliphatic heterocycles. The van der Waals surface area contributed by atoms with Crippen molar-refractivity contribution in [2.24, 2.45) is 5.92 Å². The van der Waals surface area contributed by atoms with Crippen LogP contribution in [-0.4, -0.2) is 37.3 Å². The topological polar surface area (TPSA) is 84.9 Å². The minimum absolute atomic E-state index is 0.0694. The van der Waals surface area contributed by atoms with Gasteiger partial charge in [0.1, 0.15) is 11.3 Å². The molecule has 0 saturated carbocycles. The second-order valence-corrected chi connectivity index (χ2v) is 5.03. The molecule has 6 heteroatoms. The predicted molar refractivity (Wildman–Crippen MR) is 76.7 cm³/mol. The largest absolute Gasteiger partial charge is 0.496 e. The van der Waals surface area contributed by atoms with Crippen molar-refractivity contribution in [3.63, 3.8) is 0 Å². The third-order valence-corrected chi connectivity index (χ3v) is 3.53. The lowest BCUT2D eigenvalue weighted by molar-refractivity contribution is -0.117. The summed E-state index contributed by atoms with van der Waals surface area (Å²) in [4.78, 5) is 23.0. The number of hydrogen-bond donors (Lipinski definition) is 2. The van der Waals surface area contributed by atoms with E-state index in [1.165, 1.54) is 19.2 Å². The molecule has 1 saturated heterocycles. The maximum absolute atomic E-state index is 12.0.